The average Bonchev–Trinajstić information content (AvgIpc) is 2.56. The molecule has 1 N–H and O–H groups in total. The SMILES string of the molecule is CCN(CC)C1=NC(c2cccnc2)Nc2ccccc21. The highest BCUT2D eigenvalue weighted by molar-refractivity contribution is 6.04. The molecule has 2 aromatic rings. The van der Waals surface area contributed by atoms with Crippen LogP contribution in [0.25, 0.3) is 0 Å². The van der Waals surface area contributed by atoms with Gasteiger partial charge in [-0.3, -0.25) is 4.98 Å². The van der Waals surface area contributed by atoms with E-state index in [9.17, 15) is 0 Å². The van der Waals surface area contributed by atoms with Crippen LogP contribution in [0, 0.1) is 0 Å². The van der Waals surface area contributed by atoms with Gasteiger partial charge in [-0.15, -0.1) is 0 Å². The summed E-state index contributed by atoms with van der Waals surface area (Å²) >= 11 is 0. The van der Waals surface area contributed by atoms with Crippen molar-refractivity contribution in [1.82, 2.24) is 9.88 Å². The molecule has 4 nitrogen and oxygen atoms in total. The van der Waals surface area contributed by atoms with Crippen LogP contribution in [0.5, 0.6) is 0 Å². The number of fused-ring (bicyclic) bond motifs is 1. The molecule has 108 valence electrons. The molecule has 0 bridgehead atoms. The second kappa shape index (κ2) is 5.95. The lowest BCUT2D eigenvalue weighted by Gasteiger charge is -2.31. The summed E-state index contributed by atoms with van der Waals surface area (Å²) in [5, 5.41) is 3.49. The summed E-state index contributed by atoms with van der Waals surface area (Å²) in [6.45, 7) is 6.22. The largest absolute Gasteiger partial charge is 0.359 e. The maximum absolute atomic E-state index is 4.93. The third-order valence-corrected chi connectivity index (χ3v) is 3.77. The third kappa shape index (κ3) is 2.61. The molecule has 0 aliphatic carbocycles. The van der Waals surface area contributed by atoms with Gasteiger partial charge in [0.1, 0.15) is 12.0 Å². The Balaban J connectivity index is 2.05. The van der Waals surface area contributed by atoms with Gasteiger partial charge in [0.05, 0.1) is 0 Å². The van der Waals surface area contributed by atoms with Crippen LogP contribution in [0.2, 0.25) is 0 Å². The minimum atomic E-state index is -0.0794. The van der Waals surface area contributed by atoms with Crippen LogP contribution in [-0.2, 0) is 0 Å². The zero-order valence-corrected chi connectivity index (χ0v) is 12.5. The Morgan fingerprint density at radius 2 is 1.90 bits per heavy atom. The lowest BCUT2D eigenvalue weighted by atomic mass is 10.1. The second-order valence-electron chi connectivity index (χ2n) is 5.00. The zero-order chi connectivity index (χ0) is 14.7. The molecule has 4 heteroatoms. The van der Waals surface area contributed by atoms with Crippen molar-refractivity contribution in [3.05, 3.63) is 59.9 Å². The normalized spacial score (nSPS) is 16.7. The molecule has 0 fully saturated rings. The number of hydrogen-bond donors (Lipinski definition) is 1. The fraction of sp³-hybridized carbons (Fsp3) is 0.294. The maximum Gasteiger partial charge on any atom is 0.148 e. The van der Waals surface area contributed by atoms with Crippen LogP contribution < -0.4 is 5.32 Å². The van der Waals surface area contributed by atoms with Crippen molar-refractivity contribution in [3.8, 4) is 0 Å². The summed E-state index contributed by atoms with van der Waals surface area (Å²) in [7, 11) is 0. The molecule has 1 aliphatic heterocycles. The average molecular weight is 280 g/mol. The van der Waals surface area contributed by atoms with E-state index in [2.05, 4.69) is 59.4 Å². The van der Waals surface area contributed by atoms with Crippen molar-refractivity contribution in [2.24, 2.45) is 4.99 Å². The monoisotopic (exact) mass is 280 g/mol. The molecular weight excluding hydrogens is 260 g/mol. The first-order valence-electron chi connectivity index (χ1n) is 7.42. The number of para-hydroxylation sites is 1. The van der Waals surface area contributed by atoms with Gasteiger partial charge in [-0.2, -0.15) is 0 Å². The van der Waals surface area contributed by atoms with Gasteiger partial charge >= 0.3 is 0 Å². The molecule has 0 radical (unpaired) electrons. The van der Waals surface area contributed by atoms with Crippen LogP contribution in [-0.4, -0.2) is 28.8 Å². The molecule has 1 atom stereocenters. The zero-order valence-electron chi connectivity index (χ0n) is 12.5. The topological polar surface area (TPSA) is 40.5 Å². The molecule has 1 aromatic carbocycles. The van der Waals surface area contributed by atoms with E-state index in [1.807, 2.05) is 12.3 Å². The summed E-state index contributed by atoms with van der Waals surface area (Å²) in [5.41, 5.74) is 3.38. The molecule has 1 unspecified atom stereocenters. The molecular formula is C17H20N4. The summed E-state index contributed by atoms with van der Waals surface area (Å²) in [5.74, 6) is 1.06. The Kier molecular flexibility index (Phi) is 3.86. The van der Waals surface area contributed by atoms with Gasteiger partial charge < -0.3 is 10.2 Å². The number of aliphatic imine (C=N–C) groups is 1. The van der Waals surface area contributed by atoms with E-state index in [-0.39, 0.29) is 6.17 Å². The second-order valence-corrected chi connectivity index (χ2v) is 5.00. The van der Waals surface area contributed by atoms with Crippen LogP contribution in [0.1, 0.15) is 31.1 Å². The Morgan fingerprint density at radius 3 is 2.62 bits per heavy atom. The summed E-state index contributed by atoms with van der Waals surface area (Å²) in [6.07, 6.45) is 3.58. The minimum absolute atomic E-state index is 0.0794. The van der Waals surface area contributed by atoms with Crippen molar-refractivity contribution in [2.75, 3.05) is 18.4 Å². The molecule has 0 saturated heterocycles. The van der Waals surface area contributed by atoms with Crippen molar-refractivity contribution in [3.63, 3.8) is 0 Å². The lowest BCUT2D eigenvalue weighted by molar-refractivity contribution is 0.461. The molecule has 0 spiro atoms. The lowest BCUT2D eigenvalue weighted by Crippen LogP contribution is -2.35. The van der Waals surface area contributed by atoms with Crippen molar-refractivity contribution >= 4 is 11.5 Å². The van der Waals surface area contributed by atoms with Gasteiger partial charge in [0.2, 0.25) is 0 Å². The van der Waals surface area contributed by atoms with Gasteiger partial charge in [0.15, 0.2) is 0 Å². The predicted octanol–water partition coefficient (Wildman–Crippen LogP) is 3.29. The summed E-state index contributed by atoms with van der Waals surface area (Å²) < 4.78 is 0. The molecule has 0 amide bonds. The number of pyridine rings is 1. The Bertz CT molecular complexity index is 632. The summed E-state index contributed by atoms with van der Waals surface area (Å²) in [6, 6.07) is 12.4. The van der Waals surface area contributed by atoms with Gasteiger partial charge in [-0.1, -0.05) is 18.2 Å². The number of nitrogens with zero attached hydrogens (tertiary/aromatic N) is 3. The predicted molar refractivity (Wildman–Crippen MR) is 86.5 cm³/mol. The molecule has 21 heavy (non-hydrogen) atoms. The molecule has 1 aliphatic rings. The van der Waals surface area contributed by atoms with Crippen molar-refractivity contribution < 1.29 is 0 Å². The highest BCUT2D eigenvalue weighted by atomic mass is 15.2. The quantitative estimate of drug-likeness (QED) is 0.938. The summed E-state index contributed by atoms with van der Waals surface area (Å²) in [4.78, 5) is 11.4. The van der Waals surface area contributed by atoms with Gasteiger partial charge in [-0.05, 0) is 32.0 Å². The highest BCUT2D eigenvalue weighted by Gasteiger charge is 2.23. The molecule has 1 aromatic heterocycles. The van der Waals surface area contributed by atoms with Crippen LogP contribution >= 0.6 is 0 Å². The van der Waals surface area contributed by atoms with E-state index in [0.29, 0.717) is 0 Å². The van der Waals surface area contributed by atoms with Crippen LogP contribution in [0.15, 0.2) is 53.8 Å². The number of rotatable bonds is 3. The molecule has 2 heterocycles. The number of hydrogen-bond acceptors (Lipinski definition) is 4. The van der Waals surface area contributed by atoms with E-state index in [4.69, 9.17) is 4.99 Å². The standard InChI is InChI=1S/C17H20N4/c1-3-21(4-2)17-14-9-5-6-10-15(14)19-16(20-17)13-8-7-11-18-12-13/h5-12,16,19H,3-4H2,1-2H3. The van der Waals surface area contributed by atoms with Crippen LogP contribution in [0.4, 0.5) is 5.69 Å². The molecule has 0 saturated carbocycles. The van der Waals surface area contributed by atoms with E-state index in [1.165, 1.54) is 5.56 Å². The minimum Gasteiger partial charge on any atom is -0.359 e. The first-order valence-corrected chi connectivity index (χ1v) is 7.42. The van der Waals surface area contributed by atoms with Crippen molar-refractivity contribution in [1.29, 1.82) is 0 Å². The Morgan fingerprint density at radius 1 is 1.10 bits per heavy atom. The van der Waals surface area contributed by atoms with Crippen molar-refractivity contribution in [2.45, 2.75) is 20.0 Å². The smallest absolute Gasteiger partial charge is 0.148 e. The number of nitrogens with one attached hydrogen (secondary N) is 1. The van der Waals surface area contributed by atoms with E-state index < -0.39 is 0 Å². The molecule has 3 rings (SSSR count). The first-order chi connectivity index (χ1) is 10.3. The van der Waals surface area contributed by atoms with Gasteiger partial charge in [0, 0.05) is 42.3 Å². The number of anilines is 1. The third-order valence-electron chi connectivity index (χ3n) is 3.77. The van der Waals surface area contributed by atoms with Gasteiger partial charge in [0.25, 0.3) is 0 Å². The van der Waals surface area contributed by atoms with Crippen LogP contribution in [0.3, 0.4) is 0 Å². The van der Waals surface area contributed by atoms with E-state index in [0.717, 1.165) is 30.2 Å². The maximum atomic E-state index is 4.93. The Hall–Kier alpha value is -2.36. The van der Waals surface area contributed by atoms with Gasteiger partial charge in [-0.25, -0.2) is 4.99 Å². The Labute approximate surface area is 125 Å². The first kappa shape index (κ1) is 13.6. The number of amidine groups is 1. The fourth-order valence-electron chi connectivity index (χ4n) is 2.65. The highest BCUT2D eigenvalue weighted by Crippen LogP contribution is 2.30. The van der Waals surface area contributed by atoms with E-state index in [1.54, 1.807) is 6.20 Å². The number of aromatic nitrogens is 1. The number of benzene rings is 1. The fourth-order valence-corrected chi connectivity index (χ4v) is 2.65. The van der Waals surface area contributed by atoms with E-state index >= 15 is 0 Å².